The molecule has 1 heterocycles. The van der Waals surface area contributed by atoms with Crippen LogP contribution in [0.25, 0.3) is 10.8 Å². The van der Waals surface area contributed by atoms with Crippen LogP contribution in [0.3, 0.4) is 0 Å². The smallest absolute Gasteiger partial charge is 0.413 e. The molecule has 30 heavy (non-hydrogen) atoms. The molecular formula is C24H29N3O3. The molecule has 1 aromatic heterocycles. The van der Waals surface area contributed by atoms with Gasteiger partial charge in [-0.2, -0.15) is 0 Å². The molecule has 1 amide bonds. The predicted molar refractivity (Wildman–Crippen MR) is 121 cm³/mol. The van der Waals surface area contributed by atoms with Gasteiger partial charge in [0.2, 0.25) is 0 Å². The summed E-state index contributed by atoms with van der Waals surface area (Å²) in [6.07, 6.45) is 1.75. The summed E-state index contributed by atoms with van der Waals surface area (Å²) < 4.78 is 11.7. The quantitative estimate of drug-likeness (QED) is 0.540. The topological polar surface area (TPSA) is 86.5 Å². The number of pyridine rings is 1. The third-order valence-corrected chi connectivity index (χ3v) is 4.39. The zero-order valence-corrected chi connectivity index (χ0v) is 18.2. The number of amides is 1. The Labute approximate surface area is 177 Å². The Kier molecular flexibility index (Phi) is 5.87. The van der Waals surface area contributed by atoms with Gasteiger partial charge in [0.15, 0.2) is 0 Å². The Morgan fingerprint density at radius 2 is 1.73 bits per heavy atom. The standard InChI is InChI=1S/C24H29N3O3/c1-23(2,3)30-22(28)27-21-14-16(12-13-26-21)15-24(4,5)29-20-11-10-19(25)17-8-6-7-9-18(17)20/h6-14H,15,25H2,1-5H3,(H,26,27,28). The molecule has 0 aliphatic rings. The molecule has 0 aliphatic heterocycles. The lowest BCUT2D eigenvalue weighted by molar-refractivity contribution is 0.0635. The first-order valence-corrected chi connectivity index (χ1v) is 9.94. The molecular weight excluding hydrogens is 378 g/mol. The van der Waals surface area contributed by atoms with E-state index in [2.05, 4.69) is 10.3 Å². The van der Waals surface area contributed by atoms with Gasteiger partial charge in [0.05, 0.1) is 0 Å². The summed E-state index contributed by atoms with van der Waals surface area (Å²) in [5.41, 5.74) is 6.74. The molecule has 6 nitrogen and oxygen atoms in total. The maximum absolute atomic E-state index is 12.0. The number of nitrogens with two attached hydrogens (primary N) is 1. The Morgan fingerprint density at radius 3 is 2.43 bits per heavy atom. The Hall–Kier alpha value is -3.28. The largest absolute Gasteiger partial charge is 0.487 e. The van der Waals surface area contributed by atoms with Crippen LogP contribution in [0, 0.1) is 0 Å². The number of hydrogen-bond donors (Lipinski definition) is 2. The van der Waals surface area contributed by atoms with Crippen LogP contribution in [0.5, 0.6) is 5.75 Å². The van der Waals surface area contributed by atoms with Crippen LogP contribution < -0.4 is 15.8 Å². The minimum Gasteiger partial charge on any atom is -0.487 e. The number of nitrogen functional groups attached to an aromatic ring is 1. The summed E-state index contributed by atoms with van der Waals surface area (Å²) in [6.45, 7) is 9.50. The number of anilines is 2. The highest BCUT2D eigenvalue weighted by Crippen LogP contribution is 2.33. The van der Waals surface area contributed by atoms with Crippen molar-refractivity contribution in [3.05, 3.63) is 60.3 Å². The Balaban J connectivity index is 1.75. The average Bonchev–Trinajstić information content (AvgIpc) is 2.62. The minimum atomic E-state index is -0.570. The van der Waals surface area contributed by atoms with Gasteiger partial charge in [-0.1, -0.05) is 24.3 Å². The normalized spacial score (nSPS) is 11.9. The molecule has 0 saturated carbocycles. The molecule has 0 radical (unpaired) electrons. The SMILES string of the molecule is CC(C)(C)OC(=O)Nc1cc(CC(C)(C)Oc2ccc(N)c3ccccc23)ccn1. The maximum Gasteiger partial charge on any atom is 0.413 e. The number of nitrogens with zero attached hydrogens (tertiary/aromatic N) is 1. The van der Waals surface area contributed by atoms with Crippen molar-refractivity contribution < 1.29 is 14.3 Å². The third-order valence-electron chi connectivity index (χ3n) is 4.39. The monoisotopic (exact) mass is 407 g/mol. The number of carbonyl (C=O) groups is 1. The van der Waals surface area contributed by atoms with Gasteiger partial charge in [-0.3, -0.25) is 5.32 Å². The van der Waals surface area contributed by atoms with E-state index in [-0.39, 0.29) is 0 Å². The number of hydrogen-bond acceptors (Lipinski definition) is 5. The first-order valence-electron chi connectivity index (χ1n) is 9.94. The van der Waals surface area contributed by atoms with E-state index in [4.69, 9.17) is 15.2 Å². The van der Waals surface area contributed by atoms with Crippen LogP contribution in [0.2, 0.25) is 0 Å². The van der Waals surface area contributed by atoms with Crippen molar-refractivity contribution >= 4 is 28.4 Å². The predicted octanol–water partition coefficient (Wildman–Crippen LogP) is 5.56. The summed E-state index contributed by atoms with van der Waals surface area (Å²) >= 11 is 0. The molecule has 2 aromatic carbocycles. The van der Waals surface area contributed by atoms with Crippen molar-refractivity contribution in [2.24, 2.45) is 0 Å². The molecule has 0 fully saturated rings. The van der Waals surface area contributed by atoms with Gasteiger partial charge in [0.25, 0.3) is 0 Å². The molecule has 3 aromatic rings. The van der Waals surface area contributed by atoms with Crippen molar-refractivity contribution in [3.63, 3.8) is 0 Å². The summed E-state index contributed by atoms with van der Waals surface area (Å²) in [5, 5.41) is 4.63. The van der Waals surface area contributed by atoms with Crippen molar-refractivity contribution in [3.8, 4) is 5.75 Å². The van der Waals surface area contributed by atoms with Gasteiger partial charge in [-0.25, -0.2) is 9.78 Å². The molecule has 0 saturated heterocycles. The van der Waals surface area contributed by atoms with E-state index in [0.29, 0.717) is 12.2 Å². The van der Waals surface area contributed by atoms with Crippen LogP contribution in [0.1, 0.15) is 40.2 Å². The fourth-order valence-electron chi connectivity index (χ4n) is 3.27. The van der Waals surface area contributed by atoms with E-state index in [9.17, 15) is 4.79 Å². The second-order valence-electron chi connectivity index (χ2n) is 8.91. The average molecular weight is 408 g/mol. The highest BCUT2D eigenvalue weighted by molar-refractivity contribution is 5.97. The number of nitrogens with one attached hydrogen (secondary N) is 1. The zero-order chi connectivity index (χ0) is 21.9. The molecule has 0 unspecified atom stereocenters. The van der Waals surface area contributed by atoms with E-state index < -0.39 is 17.3 Å². The first kappa shape index (κ1) is 21.4. The lowest BCUT2D eigenvalue weighted by atomic mass is 9.98. The van der Waals surface area contributed by atoms with Gasteiger partial charge in [-0.05, 0) is 64.4 Å². The molecule has 3 N–H and O–H groups in total. The molecule has 0 spiro atoms. The molecule has 3 rings (SSSR count). The number of benzene rings is 2. The van der Waals surface area contributed by atoms with Gasteiger partial charge in [0, 0.05) is 29.1 Å². The van der Waals surface area contributed by atoms with Crippen molar-refractivity contribution in [2.75, 3.05) is 11.1 Å². The van der Waals surface area contributed by atoms with Gasteiger partial charge in [0.1, 0.15) is 22.8 Å². The molecule has 158 valence electrons. The van der Waals surface area contributed by atoms with Crippen LogP contribution in [0.4, 0.5) is 16.3 Å². The molecule has 0 aliphatic carbocycles. The first-order chi connectivity index (χ1) is 14.0. The molecule has 0 atom stereocenters. The molecule has 0 bridgehead atoms. The van der Waals surface area contributed by atoms with Crippen molar-refractivity contribution in [2.45, 2.75) is 52.2 Å². The van der Waals surface area contributed by atoms with E-state index in [1.54, 1.807) is 6.20 Å². The minimum absolute atomic E-state index is 0.440. The number of aromatic nitrogens is 1. The maximum atomic E-state index is 12.0. The van der Waals surface area contributed by atoms with Gasteiger partial charge < -0.3 is 15.2 Å². The summed E-state index contributed by atoms with van der Waals surface area (Å²) in [7, 11) is 0. The number of ether oxygens (including phenoxy) is 2. The fourth-order valence-corrected chi connectivity index (χ4v) is 3.27. The third kappa shape index (κ3) is 5.63. The Bertz CT molecular complexity index is 1050. The lowest BCUT2D eigenvalue weighted by Crippen LogP contribution is -2.31. The van der Waals surface area contributed by atoms with E-state index in [0.717, 1.165) is 27.8 Å². The van der Waals surface area contributed by atoms with Crippen LogP contribution in [-0.2, 0) is 11.2 Å². The second kappa shape index (κ2) is 8.22. The number of rotatable bonds is 5. The van der Waals surface area contributed by atoms with Crippen molar-refractivity contribution in [1.82, 2.24) is 4.98 Å². The van der Waals surface area contributed by atoms with E-state index in [1.165, 1.54) is 0 Å². The highest BCUT2D eigenvalue weighted by atomic mass is 16.6. The summed E-state index contributed by atoms with van der Waals surface area (Å²) in [4.78, 5) is 16.2. The molecule has 6 heteroatoms. The van der Waals surface area contributed by atoms with E-state index >= 15 is 0 Å². The lowest BCUT2D eigenvalue weighted by Gasteiger charge is -2.28. The summed E-state index contributed by atoms with van der Waals surface area (Å²) in [6, 6.07) is 15.4. The second-order valence-corrected chi connectivity index (χ2v) is 8.91. The number of fused-ring (bicyclic) bond motifs is 1. The Morgan fingerprint density at radius 1 is 1.03 bits per heavy atom. The van der Waals surface area contributed by atoms with Gasteiger partial charge in [-0.15, -0.1) is 0 Å². The zero-order valence-electron chi connectivity index (χ0n) is 18.2. The van der Waals surface area contributed by atoms with Crippen molar-refractivity contribution in [1.29, 1.82) is 0 Å². The fraction of sp³-hybridized carbons (Fsp3) is 0.333. The van der Waals surface area contributed by atoms with Crippen LogP contribution in [0.15, 0.2) is 54.7 Å². The van der Waals surface area contributed by atoms with Crippen LogP contribution >= 0.6 is 0 Å². The van der Waals surface area contributed by atoms with E-state index in [1.807, 2.05) is 83.1 Å². The van der Waals surface area contributed by atoms with Crippen LogP contribution in [-0.4, -0.2) is 22.3 Å². The number of carbonyl (C=O) groups excluding carboxylic acids is 1. The van der Waals surface area contributed by atoms with Gasteiger partial charge >= 0.3 is 6.09 Å². The highest BCUT2D eigenvalue weighted by Gasteiger charge is 2.23. The summed E-state index contributed by atoms with van der Waals surface area (Å²) in [5.74, 6) is 1.22.